The fraction of sp³-hybridized carbons (Fsp3) is 0.261. The van der Waals surface area contributed by atoms with Gasteiger partial charge in [0.15, 0.2) is 0 Å². The predicted octanol–water partition coefficient (Wildman–Crippen LogP) is 3.82. The Bertz CT molecular complexity index is 1200. The minimum atomic E-state index is -1.01. The fourth-order valence-electron chi connectivity index (χ4n) is 3.42. The van der Waals surface area contributed by atoms with E-state index in [2.05, 4.69) is 5.32 Å². The van der Waals surface area contributed by atoms with Crippen LogP contribution in [0.2, 0.25) is 5.02 Å². The Labute approximate surface area is 188 Å². The molecule has 2 aromatic carbocycles. The van der Waals surface area contributed by atoms with Crippen LogP contribution in [0.3, 0.4) is 0 Å². The highest BCUT2D eigenvalue weighted by Crippen LogP contribution is 2.35. The van der Waals surface area contributed by atoms with E-state index in [0.29, 0.717) is 27.9 Å². The summed E-state index contributed by atoms with van der Waals surface area (Å²) in [6.07, 6.45) is -0.0802. The zero-order valence-electron chi connectivity index (χ0n) is 17.7. The minimum Gasteiger partial charge on any atom is -0.495 e. The van der Waals surface area contributed by atoms with Crippen molar-refractivity contribution < 1.29 is 28.6 Å². The van der Waals surface area contributed by atoms with Gasteiger partial charge in [0.25, 0.3) is 5.91 Å². The first-order valence-electron chi connectivity index (χ1n) is 9.81. The molecule has 1 unspecified atom stereocenters. The second-order valence-electron chi connectivity index (χ2n) is 7.44. The Morgan fingerprint density at radius 2 is 1.88 bits per heavy atom. The first kappa shape index (κ1) is 23.3. The number of benzene rings is 2. The van der Waals surface area contributed by atoms with Crippen molar-refractivity contribution in [3.05, 3.63) is 64.1 Å². The van der Waals surface area contributed by atoms with Gasteiger partial charge in [0.2, 0.25) is 5.91 Å². The van der Waals surface area contributed by atoms with Crippen LogP contribution < -0.4 is 10.1 Å². The van der Waals surface area contributed by atoms with E-state index in [9.17, 15) is 18.8 Å². The largest absolute Gasteiger partial charge is 0.495 e. The lowest BCUT2D eigenvalue weighted by Gasteiger charge is -2.09. The van der Waals surface area contributed by atoms with Gasteiger partial charge in [-0.2, -0.15) is 0 Å². The number of fused-ring (bicyclic) bond motifs is 1. The first-order valence-corrected chi connectivity index (χ1v) is 10.2. The van der Waals surface area contributed by atoms with Crippen LogP contribution in [0.4, 0.5) is 4.39 Å². The van der Waals surface area contributed by atoms with Crippen LogP contribution in [-0.2, 0) is 16.0 Å². The van der Waals surface area contributed by atoms with Gasteiger partial charge in [0.05, 0.1) is 30.0 Å². The third-order valence-corrected chi connectivity index (χ3v) is 5.56. The number of hydrogen-bond acceptors (Lipinski definition) is 4. The standard InChI is InChI=1S/C23H22ClFN2O5/c1-12(23(30)31)11-26-21(28)9-16-13(2)27(22(29)14-4-6-15(25)7-5-14)19-10-18(24)20(32-3)8-17(16)19/h4-8,10,12H,9,11H2,1-3H3,(H,26,28)(H,30,31). The Hall–Kier alpha value is -3.39. The van der Waals surface area contributed by atoms with Gasteiger partial charge in [-0.3, -0.25) is 19.0 Å². The highest BCUT2D eigenvalue weighted by atomic mass is 35.5. The molecule has 168 valence electrons. The molecule has 3 rings (SSSR count). The molecular weight excluding hydrogens is 439 g/mol. The molecule has 0 saturated heterocycles. The van der Waals surface area contributed by atoms with Crippen molar-refractivity contribution in [2.24, 2.45) is 5.92 Å². The number of aliphatic carboxylic acids is 1. The summed E-state index contributed by atoms with van der Waals surface area (Å²) < 4.78 is 20.0. The van der Waals surface area contributed by atoms with E-state index in [0.717, 1.165) is 0 Å². The van der Waals surface area contributed by atoms with Crippen LogP contribution in [0.1, 0.15) is 28.5 Å². The van der Waals surface area contributed by atoms with Crippen molar-refractivity contribution in [2.75, 3.05) is 13.7 Å². The summed E-state index contributed by atoms with van der Waals surface area (Å²) in [5.74, 6) is -2.62. The second kappa shape index (κ2) is 9.40. The zero-order valence-corrected chi connectivity index (χ0v) is 18.5. The third-order valence-electron chi connectivity index (χ3n) is 5.27. The van der Waals surface area contributed by atoms with Crippen molar-refractivity contribution in [2.45, 2.75) is 20.3 Å². The number of carboxylic acid groups (broad SMARTS) is 1. The molecule has 1 amide bonds. The number of carbonyl (C=O) groups is 3. The molecule has 1 atom stereocenters. The first-order chi connectivity index (χ1) is 15.1. The monoisotopic (exact) mass is 460 g/mol. The average Bonchev–Trinajstić information content (AvgIpc) is 3.01. The molecule has 0 aliphatic rings. The number of ether oxygens (including phenoxy) is 1. The molecule has 0 aliphatic heterocycles. The third kappa shape index (κ3) is 4.60. The highest BCUT2D eigenvalue weighted by molar-refractivity contribution is 6.33. The van der Waals surface area contributed by atoms with Gasteiger partial charge in [-0.15, -0.1) is 0 Å². The number of nitrogens with zero attached hydrogens (tertiary/aromatic N) is 1. The van der Waals surface area contributed by atoms with E-state index in [1.807, 2.05) is 0 Å². The van der Waals surface area contributed by atoms with Gasteiger partial charge in [-0.25, -0.2) is 4.39 Å². The minimum absolute atomic E-state index is 0.0183. The van der Waals surface area contributed by atoms with Crippen molar-refractivity contribution >= 4 is 40.3 Å². The quantitative estimate of drug-likeness (QED) is 0.558. The summed E-state index contributed by atoms with van der Waals surface area (Å²) in [5, 5.41) is 12.5. The Kier molecular flexibility index (Phi) is 6.84. The molecule has 0 saturated carbocycles. The summed E-state index contributed by atoms with van der Waals surface area (Å²) in [6.45, 7) is 3.17. The number of nitrogens with one attached hydrogen (secondary N) is 1. The van der Waals surface area contributed by atoms with E-state index in [-0.39, 0.29) is 29.5 Å². The van der Waals surface area contributed by atoms with Gasteiger partial charge in [-0.05, 0) is 48.9 Å². The summed E-state index contributed by atoms with van der Waals surface area (Å²) in [6, 6.07) is 8.39. The summed E-state index contributed by atoms with van der Waals surface area (Å²) in [7, 11) is 1.46. The molecule has 9 heteroatoms. The van der Waals surface area contributed by atoms with Crippen LogP contribution in [-0.4, -0.2) is 41.1 Å². The molecule has 0 aliphatic carbocycles. The molecule has 2 N–H and O–H groups in total. The van der Waals surface area contributed by atoms with Gasteiger partial charge < -0.3 is 15.2 Å². The van der Waals surface area contributed by atoms with Crippen LogP contribution in [0.5, 0.6) is 5.75 Å². The normalized spacial score (nSPS) is 11.9. The zero-order chi connectivity index (χ0) is 23.6. The molecule has 7 nitrogen and oxygen atoms in total. The van der Waals surface area contributed by atoms with Crippen LogP contribution in [0.15, 0.2) is 36.4 Å². The van der Waals surface area contributed by atoms with Crippen LogP contribution in [0.25, 0.3) is 10.9 Å². The van der Waals surface area contributed by atoms with Gasteiger partial charge in [-0.1, -0.05) is 18.5 Å². The van der Waals surface area contributed by atoms with E-state index in [1.165, 1.54) is 42.9 Å². The van der Waals surface area contributed by atoms with Crippen LogP contribution in [0, 0.1) is 18.7 Å². The lowest BCUT2D eigenvalue weighted by molar-refractivity contribution is -0.141. The maximum Gasteiger partial charge on any atom is 0.308 e. The van der Waals surface area contributed by atoms with E-state index in [1.54, 1.807) is 19.1 Å². The molecule has 32 heavy (non-hydrogen) atoms. The number of carbonyl (C=O) groups excluding carboxylic acids is 2. The molecule has 1 heterocycles. The van der Waals surface area contributed by atoms with Crippen molar-refractivity contribution in [1.29, 1.82) is 0 Å². The Morgan fingerprint density at radius 3 is 2.47 bits per heavy atom. The van der Waals surface area contributed by atoms with E-state index < -0.39 is 23.6 Å². The predicted molar refractivity (Wildman–Crippen MR) is 118 cm³/mol. The summed E-state index contributed by atoms with van der Waals surface area (Å²) >= 11 is 6.29. The van der Waals surface area contributed by atoms with Crippen molar-refractivity contribution in [1.82, 2.24) is 9.88 Å². The van der Waals surface area contributed by atoms with Gasteiger partial charge in [0.1, 0.15) is 11.6 Å². The number of aromatic nitrogens is 1. The molecule has 0 fully saturated rings. The Morgan fingerprint density at radius 1 is 1.22 bits per heavy atom. The van der Waals surface area contributed by atoms with E-state index in [4.69, 9.17) is 21.4 Å². The number of halogens is 2. The van der Waals surface area contributed by atoms with Gasteiger partial charge in [0, 0.05) is 23.2 Å². The maximum atomic E-state index is 13.3. The summed E-state index contributed by atoms with van der Waals surface area (Å²) in [5.41, 5.74) is 1.83. The molecule has 1 aromatic heterocycles. The smallest absolute Gasteiger partial charge is 0.308 e. The lowest BCUT2D eigenvalue weighted by Crippen LogP contribution is -2.32. The number of hydrogen-bond donors (Lipinski definition) is 2. The second-order valence-corrected chi connectivity index (χ2v) is 7.84. The molecular formula is C23H22ClFN2O5. The average molecular weight is 461 g/mol. The Balaban J connectivity index is 2.06. The van der Waals surface area contributed by atoms with Crippen LogP contribution >= 0.6 is 11.6 Å². The van der Waals surface area contributed by atoms with Gasteiger partial charge >= 0.3 is 5.97 Å². The number of carboxylic acids is 1. The van der Waals surface area contributed by atoms with Crippen molar-refractivity contribution in [3.63, 3.8) is 0 Å². The number of methoxy groups -OCH3 is 1. The van der Waals surface area contributed by atoms with Crippen molar-refractivity contribution in [3.8, 4) is 5.75 Å². The SMILES string of the molecule is COc1cc2c(CC(=O)NCC(C)C(=O)O)c(C)n(C(=O)c3ccc(F)cc3)c2cc1Cl. The molecule has 3 aromatic rings. The molecule has 0 radical (unpaired) electrons. The number of rotatable bonds is 7. The van der Waals surface area contributed by atoms with E-state index >= 15 is 0 Å². The maximum absolute atomic E-state index is 13.3. The molecule has 0 spiro atoms. The fourth-order valence-corrected chi connectivity index (χ4v) is 3.66. The molecule has 0 bridgehead atoms. The summed E-state index contributed by atoms with van der Waals surface area (Å²) in [4.78, 5) is 36.8. The highest BCUT2D eigenvalue weighted by Gasteiger charge is 2.23. The number of amides is 1. The lowest BCUT2D eigenvalue weighted by atomic mass is 10.1. The topological polar surface area (TPSA) is 97.6 Å².